The minimum absolute atomic E-state index is 0.126. The van der Waals surface area contributed by atoms with Gasteiger partial charge in [0.05, 0.1) is 5.69 Å². The molecule has 1 aromatic heterocycles. The molecule has 0 aliphatic carbocycles. The molecule has 3 rings (SSSR count). The van der Waals surface area contributed by atoms with Gasteiger partial charge in [0.2, 0.25) is 0 Å². The fourth-order valence-electron chi connectivity index (χ4n) is 2.84. The Morgan fingerprint density at radius 1 is 0.966 bits per heavy atom. The van der Waals surface area contributed by atoms with Crippen LogP contribution in [0.2, 0.25) is 0 Å². The molecule has 0 fully saturated rings. The standard InChI is InChI=1S/C23H23N3O3/c1-3-26(4-2)23(28)17-14-15-24-20(16-17)22(27)25-19-12-8-9-13-21(19)29-18-10-6-5-7-11-18/h5-16H,3-4H2,1-2H3,(H,25,27). The fourth-order valence-corrected chi connectivity index (χ4v) is 2.84. The van der Waals surface area contributed by atoms with Gasteiger partial charge in [-0.15, -0.1) is 0 Å². The molecule has 0 saturated carbocycles. The number of benzene rings is 2. The minimum atomic E-state index is -0.414. The van der Waals surface area contributed by atoms with Gasteiger partial charge in [-0.1, -0.05) is 30.3 Å². The van der Waals surface area contributed by atoms with E-state index in [0.29, 0.717) is 35.8 Å². The summed E-state index contributed by atoms with van der Waals surface area (Å²) >= 11 is 0. The van der Waals surface area contributed by atoms with E-state index in [4.69, 9.17) is 4.74 Å². The molecule has 0 radical (unpaired) electrons. The topological polar surface area (TPSA) is 71.5 Å². The highest BCUT2D eigenvalue weighted by Gasteiger charge is 2.17. The number of nitrogens with zero attached hydrogens (tertiary/aromatic N) is 2. The molecule has 2 aromatic carbocycles. The van der Waals surface area contributed by atoms with E-state index in [1.165, 1.54) is 12.3 Å². The number of pyridine rings is 1. The summed E-state index contributed by atoms with van der Waals surface area (Å²) in [5, 5.41) is 2.82. The molecule has 6 nitrogen and oxygen atoms in total. The zero-order chi connectivity index (χ0) is 20.6. The second-order valence-corrected chi connectivity index (χ2v) is 6.27. The number of para-hydroxylation sites is 3. The first kappa shape index (κ1) is 20.1. The molecule has 0 unspecified atom stereocenters. The van der Waals surface area contributed by atoms with Crippen LogP contribution in [0.1, 0.15) is 34.7 Å². The molecule has 2 amide bonds. The van der Waals surface area contributed by atoms with Crippen LogP contribution in [-0.2, 0) is 0 Å². The number of aromatic nitrogens is 1. The number of amides is 2. The summed E-state index contributed by atoms with van der Waals surface area (Å²) in [5.74, 6) is 0.643. The molecule has 0 spiro atoms. The summed E-state index contributed by atoms with van der Waals surface area (Å²) in [6.07, 6.45) is 1.47. The maximum atomic E-state index is 12.7. The summed E-state index contributed by atoms with van der Waals surface area (Å²) < 4.78 is 5.87. The number of ether oxygens (including phenoxy) is 1. The zero-order valence-electron chi connectivity index (χ0n) is 16.5. The van der Waals surface area contributed by atoms with Crippen molar-refractivity contribution in [1.82, 2.24) is 9.88 Å². The quantitative estimate of drug-likeness (QED) is 0.641. The van der Waals surface area contributed by atoms with Crippen molar-refractivity contribution in [1.29, 1.82) is 0 Å². The van der Waals surface area contributed by atoms with Gasteiger partial charge in [0.25, 0.3) is 11.8 Å². The lowest BCUT2D eigenvalue weighted by atomic mass is 10.2. The van der Waals surface area contributed by atoms with Crippen LogP contribution in [0.15, 0.2) is 72.9 Å². The number of anilines is 1. The predicted molar refractivity (Wildman–Crippen MR) is 112 cm³/mol. The Bertz CT molecular complexity index is 985. The molecule has 0 aliphatic rings. The van der Waals surface area contributed by atoms with Crippen molar-refractivity contribution in [3.8, 4) is 11.5 Å². The van der Waals surface area contributed by atoms with Gasteiger partial charge in [0, 0.05) is 24.8 Å². The maximum Gasteiger partial charge on any atom is 0.274 e. The Hall–Kier alpha value is -3.67. The summed E-state index contributed by atoms with van der Waals surface area (Å²) in [7, 11) is 0. The third-order valence-corrected chi connectivity index (χ3v) is 4.40. The molecule has 1 heterocycles. The van der Waals surface area contributed by atoms with Gasteiger partial charge in [-0.3, -0.25) is 14.6 Å². The van der Waals surface area contributed by atoms with E-state index in [1.807, 2.05) is 50.2 Å². The van der Waals surface area contributed by atoms with Crippen LogP contribution in [0.25, 0.3) is 0 Å². The van der Waals surface area contributed by atoms with Crippen LogP contribution in [0.3, 0.4) is 0 Å². The second kappa shape index (κ2) is 9.50. The van der Waals surface area contributed by atoms with Gasteiger partial charge < -0.3 is 15.0 Å². The van der Waals surface area contributed by atoms with Crippen LogP contribution < -0.4 is 10.1 Å². The van der Waals surface area contributed by atoms with Crippen molar-refractivity contribution in [3.63, 3.8) is 0 Å². The molecular weight excluding hydrogens is 366 g/mol. The van der Waals surface area contributed by atoms with E-state index < -0.39 is 5.91 Å². The minimum Gasteiger partial charge on any atom is -0.455 e. The Kier molecular flexibility index (Phi) is 6.58. The Balaban J connectivity index is 1.79. The molecule has 3 aromatic rings. The van der Waals surface area contributed by atoms with E-state index in [1.54, 1.807) is 29.2 Å². The molecular formula is C23H23N3O3. The maximum absolute atomic E-state index is 12.7. The molecule has 0 atom stereocenters. The monoisotopic (exact) mass is 389 g/mol. The number of rotatable bonds is 7. The largest absolute Gasteiger partial charge is 0.455 e. The van der Waals surface area contributed by atoms with Crippen LogP contribution in [0, 0.1) is 0 Å². The first-order valence-electron chi connectivity index (χ1n) is 9.51. The van der Waals surface area contributed by atoms with Gasteiger partial charge >= 0.3 is 0 Å². The molecule has 6 heteroatoms. The fraction of sp³-hybridized carbons (Fsp3) is 0.174. The van der Waals surface area contributed by atoms with Gasteiger partial charge in [-0.05, 0) is 50.2 Å². The summed E-state index contributed by atoms with van der Waals surface area (Å²) in [4.78, 5) is 31.1. The molecule has 148 valence electrons. The van der Waals surface area contributed by atoms with Crippen molar-refractivity contribution in [2.24, 2.45) is 0 Å². The zero-order valence-corrected chi connectivity index (χ0v) is 16.5. The van der Waals surface area contributed by atoms with E-state index in [9.17, 15) is 9.59 Å². The van der Waals surface area contributed by atoms with E-state index in [2.05, 4.69) is 10.3 Å². The molecule has 0 bridgehead atoms. The Morgan fingerprint density at radius 2 is 1.66 bits per heavy atom. The first-order valence-corrected chi connectivity index (χ1v) is 9.51. The predicted octanol–water partition coefficient (Wildman–Crippen LogP) is 4.61. The lowest BCUT2D eigenvalue weighted by Crippen LogP contribution is -2.30. The van der Waals surface area contributed by atoms with Crippen molar-refractivity contribution >= 4 is 17.5 Å². The third kappa shape index (κ3) is 4.99. The number of carbonyl (C=O) groups excluding carboxylic acids is 2. The third-order valence-electron chi connectivity index (χ3n) is 4.40. The summed E-state index contributed by atoms with van der Waals surface area (Å²) in [6, 6.07) is 19.6. The van der Waals surface area contributed by atoms with E-state index >= 15 is 0 Å². The highest BCUT2D eigenvalue weighted by Crippen LogP contribution is 2.29. The normalized spacial score (nSPS) is 10.3. The number of hydrogen-bond acceptors (Lipinski definition) is 4. The SMILES string of the molecule is CCN(CC)C(=O)c1ccnc(C(=O)Nc2ccccc2Oc2ccccc2)c1. The lowest BCUT2D eigenvalue weighted by Gasteiger charge is -2.18. The average molecular weight is 389 g/mol. The number of carbonyl (C=O) groups is 2. The van der Waals surface area contributed by atoms with Crippen LogP contribution in [0.4, 0.5) is 5.69 Å². The molecule has 29 heavy (non-hydrogen) atoms. The van der Waals surface area contributed by atoms with Gasteiger partial charge in [0.1, 0.15) is 11.4 Å². The van der Waals surface area contributed by atoms with Crippen molar-refractivity contribution < 1.29 is 14.3 Å². The van der Waals surface area contributed by atoms with E-state index in [-0.39, 0.29) is 11.6 Å². The molecule has 0 aliphatic heterocycles. The summed E-state index contributed by atoms with van der Waals surface area (Å²) in [6.45, 7) is 5.03. The second-order valence-electron chi connectivity index (χ2n) is 6.27. The highest BCUT2D eigenvalue weighted by atomic mass is 16.5. The smallest absolute Gasteiger partial charge is 0.274 e. The number of nitrogens with one attached hydrogen (secondary N) is 1. The molecule has 1 N–H and O–H groups in total. The van der Waals surface area contributed by atoms with Crippen LogP contribution in [0.5, 0.6) is 11.5 Å². The van der Waals surface area contributed by atoms with Gasteiger partial charge in [-0.2, -0.15) is 0 Å². The highest BCUT2D eigenvalue weighted by molar-refractivity contribution is 6.05. The van der Waals surface area contributed by atoms with Gasteiger partial charge in [0.15, 0.2) is 5.75 Å². The van der Waals surface area contributed by atoms with Gasteiger partial charge in [-0.25, -0.2) is 0 Å². The van der Waals surface area contributed by atoms with Crippen molar-refractivity contribution in [3.05, 3.63) is 84.2 Å². The first-order chi connectivity index (χ1) is 14.1. The van der Waals surface area contributed by atoms with Crippen molar-refractivity contribution in [2.75, 3.05) is 18.4 Å². The molecule has 0 saturated heterocycles. The summed E-state index contributed by atoms with van der Waals surface area (Å²) in [5.41, 5.74) is 1.11. The number of hydrogen-bond donors (Lipinski definition) is 1. The van der Waals surface area contributed by atoms with Crippen LogP contribution >= 0.6 is 0 Å². The van der Waals surface area contributed by atoms with E-state index in [0.717, 1.165) is 0 Å². The lowest BCUT2D eigenvalue weighted by molar-refractivity contribution is 0.0773. The Labute approximate surface area is 170 Å². The van der Waals surface area contributed by atoms with Crippen molar-refractivity contribution in [2.45, 2.75) is 13.8 Å². The average Bonchev–Trinajstić information content (AvgIpc) is 2.76. The Morgan fingerprint density at radius 3 is 2.38 bits per heavy atom. The van der Waals surface area contributed by atoms with Crippen LogP contribution in [-0.4, -0.2) is 34.8 Å².